The summed E-state index contributed by atoms with van der Waals surface area (Å²) >= 11 is 0. The molecule has 3 heterocycles. The SMILES string of the molecule is CCN1CCCC1CNC(=NC)NCCCc1nnc2ccccn12.I. The summed E-state index contributed by atoms with van der Waals surface area (Å²) < 4.78 is 2.05. The van der Waals surface area contributed by atoms with Gasteiger partial charge in [0.15, 0.2) is 11.6 Å². The molecule has 0 aromatic carbocycles. The smallest absolute Gasteiger partial charge is 0.191 e. The van der Waals surface area contributed by atoms with Crippen molar-refractivity contribution in [1.82, 2.24) is 30.1 Å². The van der Waals surface area contributed by atoms with Gasteiger partial charge < -0.3 is 10.6 Å². The summed E-state index contributed by atoms with van der Waals surface area (Å²) in [5.41, 5.74) is 0.903. The summed E-state index contributed by atoms with van der Waals surface area (Å²) in [7, 11) is 1.83. The van der Waals surface area contributed by atoms with Crippen LogP contribution in [-0.2, 0) is 6.42 Å². The number of halogens is 1. The minimum atomic E-state index is 0. The molecule has 2 N–H and O–H groups in total. The fourth-order valence-electron chi connectivity index (χ4n) is 3.49. The Balaban J connectivity index is 0.00000243. The van der Waals surface area contributed by atoms with E-state index < -0.39 is 0 Å². The highest BCUT2D eigenvalue weighted by Gasteiger charge is 2.22. The van der Waals surface area contributed by atoms with E-state index in [1.54, 1.807) is 0 Å². The molecule has 0 radical (unpaired) electrons. The molecule has 0 amide bonds. The molecule has 0 saturated carbocycles. The lowest BCUT2D eigenvalue weighted by molar-refractivity contribution is 0.267. The molecule has 0 spiro atoms. The van der Waals surface area contributed by atoms with Crippen molar-refractivity contribution >= 4 is 35.6 Å². The van der Waals surface area contributed by atoms with Crippen LogP contribution in [0.4, 0.5) is 0 Å². The van der Waals surface area contributed by atoms with Gasteiger partial charge in [-0.3, -0.25) is 14.3 Å². The Bertz CT molecular complexity index is 700. The third-order valence-electron chi connectivity index (χ3n) is 4.89. The topological polar surface area (TPSA) is 69.8 Å². The van der Waals surface area contributed by atoms with Crippen LogP contribution in [0.3, 0.4) is 0 Å². The van der Waals surface area contributed by atoms with E-state index in [0.717, 1.165) is 49.9 Å². The van der Waals surface area contributed by atoms with Gasteiger partial charge in [-0.25, -0.2) is 0 Å². The first-order chi connectivity index (χ1) is 12.3. The minimum absolute atomic E-state index is 0. The lowest BCUT2D eigenvalue weighted by Crippen LogP contribution is -2.45. The van der Waals surface area contributed by atoms with E-state index in [-0.39, 0.29) is 24.0 Å². The number of hydrogen-bond donors (Lipinski definition) is 2. The molecule has 1 aliphatic rings. The molecule has 2 aromatic heterocycles. The van der Waals surface area contributed by atoms with Gasteiger partial charge in [0.1, 0.15) is 5.82 Å². The number of rotatable bonds is 7. The quantitative estimate of drug-likeness (QED) is 0.280. The third kappa shape index (κ3) is 5.29. The van der Waals surface area contributed by atoms with Crippen molar-refractivity contribution in [1.29, 1.82) is 0 Å². The number of aliphatic imine (C=N–C) groups is 1. The molecule has 1 atom stereocenters. The van der Waals surface area contributed by atoms with Crippen LogP contribution < -0.4 is 10.6 Å². The second-order valence-corrected chi connectivity index (χ2v) is 6.45. The Kier molecular flexibility index (Phi) is 8.56. The fraction of sp³-hybridized carbons (Fsp3) is 0.611. The first kappa shape index (κ1) is 20.9. The van der Waals surface area contributed by atoms with Crippen LogP contribution in [-0.4, -0.2) is 64.7 Å². The number of likely N-dealkylation sites (N-methyl/N-ethyl adjacent to an activating group) is 1. The van der Waals surface area contributed by atoms with Crippen LogP contribution in [0.5, 0.6) is 0 Å². The summed E-state index contributed by atoms with van der Waals surface area (Å²) in [5, 5.41) is 15.3. The van der Waals surface area contributed by atoms with Gasteiger partial charge in [-0.2, -0.15) is 0 Å². The van der Waals surface area contributed by atoms with E-state index in [4.69, 9.17) is 0 Å². The predicted octanol–water partition coefficient (Wildman–Crippen LogP) is 1.93. The molecule has 1 aliphatic heterocycles. The zero-order valence-corrected chi connectivity index (χ0v) is 18.0. The highest BCUT2D eigenvalue weighted by molar-refractivity contribution is 14.0. The summed E-state index contributed by atoms with van der Waals surface area (Å²) in [6.07, 6.45) is 6.47. The summed E-state index contributed by atoms with van der Waals surface area (Å²) in [6, 6.07) is 6.59. The first-order valence-electron chi connectivity index (χ1n) is 9.29. The van der Waals surface area contributed by atoms with Crippen molar-refractivity contribution in [2.45, 2.75) is 38.6 Å². The Morgan fingerprint density at radius 2 is 2.19 bits per heavy atom. The molecule has 7 nitrogen and oxygen atoms in total. The molecule has 1 fully saturated rings. The molecule has 0 aliphatic carbocycles. The summed E-state index contributed by atoms with van der Waals surface area (Å²) in [4.78, 5) is 6.87. The second kappa shape index (κ2) is 10.7. The molecule has 0 bridgehead atoms. The fourth-order valence-corrected chi connectivity index (χ4v) is 3.49. The Morgan fingerprint density at radius 3 is 3.00 bits per heavy atom. The maximum atomic E-state index is 4.33. The van der Waals surface area contributed by atoms with E-state index in [1.807, 2.05) is 35.8 Å². The van der Waals surface area contributed by atoms with Gasteiger partial charge in [0.2, 0.25) is 0 Å². The summed E-state index contributed by atoms with van der Waals surface area (Å²) in [5.74, 6) is 1.89. The molecule has 8 heteroatoms. The van der Waals surface area contributed by atoms with Gasteiger partial charge >= 0.3 is 0 Å². The van der Waals surface area contributed by atoms with Gasteiger partial charge in [-0.15, -0.1) is 34.2 Å². The number of pyridine rings is 1. The van der Waals surface area contributed by atoms with Crippen molar-refractivity contribution < 1.29 is 0 Å². The normalized spacial score (nSPS) is 18.1. The average Bonchev–Trinajstić information content (AvgIpc) is 3.27. The Labute approximate surface area is 172 Å². The van der Waals surface area contributed by atoms with Crippen LogP contribution >= 0.6 is 24.0 Å². The minimum Gasteiger partial charge on any atom is -0.356 e. The number of hydrogen-bond acceptors (Lipinski definition) is 4. The highest BCUT2D eigenvalue weighted by atomic mass is 127. The van der Waals surface area contributed by atoms with Crippen LogP contribution in [0.1, 0.15) is 32.0 Å². The lowest BCUT2D eigenvalue weighted by atomic mass is 10.2. The van der Waals surface area contributed by atoms with Crippen molar-refractivity contribution in [2.75, 3.05) is 33.2 Å². The average molecular weight is 471 g/mol. The number of nitrogens with one attached hydrogen (secondary N) is 2. The zero-order chi connectivity index (χ0) is 17.5. The van der Waals surface area contributed by atoms with Crippen molar-refractivity contribution in [2.24, 2.45) is 4.99 Å². The number of aromatic nitrogens is 3. The zero-order valence-electron chi connectivity index (χ0n) is 15.7. The van der Waals surface area contributed by atoms with Gasteiger partial charge in [0.25, 0.3) is 0 Å². The van der Waals surface area contributed by atoms with Crippen molar-refractivity contribution in [3.05, 3.63) is 30.2 Å². The maximum absolute atomic E-state index is 4.33. The van der Waals surface area contributed by atoms with Gasteiger partial charge in [0, 0.05) is 38.8 Å². The Hall–Kier alpha value is -1.42. The molecule has 3 rings (SSSR count). The number of aryl methyl sites for hydroxylation is 1. The van der Waals surface area contributed by atoms with E-state index in [2.05, 4.69) is 37.6 Å². The van der Waals surface area contributed by atoms with Gasteiger partial charge in [-0.1, -0.05) is 13.0 Å². The van der Waals surface area contributed by atoms with Crippen LogP contribution in [0.25, 0.3) is 5.65 Å². The van der Waals surface area contributed by atoms with Crippen LogP contribution in [0, 0.1) is 0 Å². The van der Waals surface area contributed by atoms with Gasteiger partial charge in [0.05, 0.1) is 0 Å². The third-order valence-corrected chi connectivity index (χ3v) is 4.89. The van der Waals surface area contributed by atoms with Crippen LogP contribution in [0.15, 0.2) is 29.4 Å². The molecule has 26 heavy (non-hydrogen) atoms. The molecular weight excluding hydrogens is 441 g/mol. The van der Waals surface area contributed by atoms with Crippen molar-refractivity contribution in [3.63, 3.8) is 0 Å². The number of likely N-dealkylation sites (tertiary alicyclic amines) is 1. The summed E-state index contributed by atoms with van der Waals surface area (Å²) in [6.45, 7) is 6.41. The standard InChI is InChI=1S/C18H29N7.HI/c1-3-24-12-7-8-15(24)14-21-18(19-2)20-11-6-10-17-23-22-16-9-4-5-13-25(16)17;/h4-5,9,13,15H,3,6-8,10-12,14H2,1-2H3,(H2,19,20,21);1H. The molecule has 2 aromatic rings. The molecule has 1 saturated heterocycles. The first-order valence-corrected chi connectivity index (χ1v) is 9.29. The monoisotopic (exact) mass is 471 g/mol. The number of nitrogens with zero attached hydrogens (tertiary/aromatic N) is 5. The predicted molar refractivity (Wildman–Crippen MR) is 116 cm³/mol. The second-order valence-electron chi connectivity index (χ2n) is 6.45. The van der Waals surface area contributed by atoms with E-state index in [1.165, 1.54) is 19.4 Å². The van der Waals surface area contributed by atoms with E-state index in [9.17, 15) is 0 Å². The lowest BCUT2D eigenvalue weighted by Gasteiger charge is -2.23. The molecule has 144 valence electrons. The largest absolute Gasteiger partial charge is 0.356 e. The Morgan fingerprint density at radius 1 is 1.31 bits per heavy atom. The molecular formula is C18H30IN7. The highest BCUT2D eigenvalue weighted by Crippen LogP contribution is 2.15. The number of guanidine groups is 1. The van der Waals surface area contributed by atoms with Crippen molar-refractivity contribution in [3.8, 4) is 0 Å². The van der Waals surface area contributed by atoms with Gasteiger partial charge in [-0.05, 0) is 44.5 Å². The molecule has 1 unspecified atom stereocenters. The maximum Gasteiger partial charge on any atom is 0.191 e. The van der Waals surface area contributed by atoms with E-state index >= 15 is 0 Å². The number of fused-ring (bicyclic) bond motifs is 1. The van der Waals surface area contributed by atoms with E-state index in [0.29, 0.717) is 6.04 Å². The van der Waals surface area contributed by atoms with Crippen LogP contribution in [0.2, 0.25) is 0 Å².